The van der Waals surface area contributed by atoms with E-state index in [1.54, 1.807) is 11.8 Å². The monoisotopic (exact) mass is 236 g/mol. The summed E-state index contributed by atoms with van der Waals surface area (Å²) in [6, 6.07) is 5.44. The first-order valence-corrected chi connectivity index (χ1v) is 6.08. The number of carbonyl (C=O) groups is 1. The second-order valence-corrected chi connectivity index (χ2v) is 6.83. The van der Waals surface area contributed by atoms with Crippen molar-refractivity contribution in [1.29, 1.82) is 0 Å². The third-order valence-corrected chi connectivity index (χ3v) is 3.43. The number of thioether (sulfide) groups is 1. The Balaban J connectivity index is 2.29. The zero-order valence-corrected chi connectivity index (χ0v) is 10.5. The molecular formula is C12H16N2OS. The number of carbonyl (C=O) groups excluding carboxylic acids is 1. The Morgan fingerprint density at radius 2 is 2.06 bits per heavy atom. The van der Waals surface area contributed by atoms with Crippen LogP contribution in [0.3, 0.4) is 0 Å². The van der Waals surface area contributed by atoms with Gasteiger partial charge in [-0.25, -0.2) is 0 Å². The van der Waals surface area contributed by atoms with Crippen LogP contribution in [-0.4, -0.2) is 10.7 Å². The highest BCUT2D eigenvalue weighted by Gasteiger charge is 2.27. The lowest BCUT2D eigenvalue weighted by molar-refractivity contribution is -0.116. The number of amides is 1. The lowest BCUT2D eigenvalue weighted by Crippen LogP contribution is -2.19. The first-order valence-electron chi connectivity index (χ1n) is 5.26. The third-order valence-electron chi connectivity index (χ3n) is 2.32. The predicted octanol–water partition coefficient (Wildman–Crippen LogP) is 2.53. The smallest absolute Gasteiger partial charge is 0.245 e. The fourth-order valence-corrected chi connectivity index (χ4v) is 2.70. The lowest BCUT2D eigenvalue weighted by atomic mass is 10.1. The molecule has 0 aromatic heterocycles. The molecule has 0 spiro atoms. The van der Waals surface area contributed by atoms with Gasteiger partial charge in [0.15, 0.2) is 0 Å². The number of rotatable bonds is 1. The number of benzene rings is 1. The summed E-state index contributed by atoms with van der Waals surface area (Å²) < 4.78 is 0.166. The molecule has 1 amide bonds. The van der Waals surface area contributed by atoms with Crippen molar-refractivity contribution >= 4 is 23.4 Å². The molecule has 2 rings (SSSR count). The van der Waals surface area contributed by atoms with Gasteiger partial charge in [0.25, 0.3) is 0 Å². The quantitative estimate of drug-likeness (QED) is 0.737. The topological polar surface area (TPSA) is 55.1 Å². The van der Waals surface area contributed by atoms with Crippen LogP contribution in [0.2, 0.25) is 0 Å². The van der Waals surface area contributed by atoms with Gasteiger partial charge in [-0.15, -0.1) is 11.8 Å². The fourth-order valence-electron chi connectivity index (χ4n) is 1.68. The Hall–Kier alpha value is -1.00. The predicted molar refractivity (Wildman–Crippen MR) is 67.6 cm³/mol. The fraction of sp³-hybridized carbons (Fsp3) is 0.417. The van der Waals surface area contributed by atoms with Gasteiger partial charge in [0, 0.05) is 20.9 Å². The van der Waals surface area contributed by atoms with Crippen molar-refractivity contribution in [3.63, 3.8) is 0 Å². The summed E-state index contributed by atoms with van der Waals surface area (Å²) in [6.45, 7) is 6.49. The van der Waals surface area contributed by atoms with Gasteiger partial charge in [-0.3, -0.25) is 4.79 Å². The van der Waals surface area contributed by atoms with E-state index in [1.807, 2.05) is 18.2 Å². The molecule has 3 nitrogen and oxygen atoms in total. The van der Waals surface area contributed by atoms with Crippen molar-refractivity contribution in [2.24, 2.45) is 5.73 Å². The summed E-state index contributed by atoms with van der Waals surface area (Å²) in [5, 5.41) is 2.80. The van der Waals surface area contributed by atoms with E-state index in [9.17, 15) is 4.79 Å². The molecule has 1 aliphatic heterocycles. The van der Waals surface area contributed by atoms with E-state index in [0.29, 0.717) is 0 Å². The van der Waals surface area contributed by atoms with E-state index in [1.165, 1.54) is 0 Å². The van der Waals surface area contributed by atoms with Crippen LogP contribution >= 0.6 is 11.8 Å². The minimum Gasteiger partial charge on any atom is -0.324 e. The van der Waals surface area contributed by atoms with Gasteiger partial charge >= 0.3 is 0 Å². The molecule has 1 heterocycles. The Morgan fingerprint density at radius 1 is 1.38 bits per heavy atom. The number of hydrogen-bond acceptors (Lipinski definition) is 3. The van der Waals surface area contributed by atoms with Gasteiger partial charge in [0.05, 0.1) is 0 Å². The molecule has 0 radical (unpaired) electrons. The normalized spacial score (nSPS) is 19.5. The maximum atomic E-state index is 11.4. The van der Waals surface area contributed by atoms with Crippen LogP contribution < -0.4 is 11.1 Å². The van der Waals surface area contributed by atoms with Crippen molar-refractivity contribution in [1.82, 2.24) is 0 Å². The molecule has 4 heteroatoms. The minimum atomic E-state index is -0.510. The van der Waals surface area contributed by atoms with Crippen molar-refractivity contribution < 1.29 is 4.79 Å². The summed E-state index contributed by atoms with van der Waals surface area (Å²) in [7, 11) is 0. The summed E-state index contributed by atoms with van der Waals surface area (Å²) in [4.78, 5) is 12.5. The molecule has 1 atom stereocenters. The molecule has 0 saturated carbocycles. The summed E-state index contributed by atoms with van der Waals surface area (Å²) in [5.41, 5.74) is 7.49. The molecule has 1 unspecified atom stereocenters. The van der Waals surface area contributed by atoms with Crippen LogP contribution in [0.4, 0.5) is 5.69 Å². The molecule has 1 aliphatic rings. The molecule has 1 aromatic rings. The lowest BCUT2D eigenvalue weighted by Gasteiger charge is -2.17. The van der Waals surface area contributed by atoms with Crippen molar-refractivity contribution in [3.8, 4) is 0 Å². The Bertz CT molecular complexity index is 437. The van der Waals surface area contributed by atoms with E-state index in [0.717, 1.165) is 16.1 Å². The van der Waals surface area contributed by atoms with Crippen LogP contribution in [0.25, 0.3) is 0 Å². The molecule has 86 valence electrons. The van der Waals surface area contributed by atoms with Crippen LogP contribution in [0.1, 0.15) is 32.4 Å². The number of hydrogen-bond donors (Lipinski definition) is 2. The van der Waals surface area contributed by atoms with Crippen LogP contribution in [0.15, 0.2) is 23.1 Å². The number of anilines is 1. The van der Waals surface area contributed by atoms with Gasteiger partial charge in [0.2, 0.25) is 5.91 Å². The van der Waals surface area contributed by atoms with Gasteiger partial charge in [0.1, 0.15) is 6.04 Å². The second kappa shape index (κ2) is 3.79. The van der Waals surface area contributed by atoms with E-state index >= 15 is 0 Å². The van der Waals surface area contributed by atoms with E-state index in [2.05, 4.69) is 26.1 Å². The van der Waals surface area contributed by atoms with Gasteiger partial charge in [-0.2, -0.15) is 0 Å². The van der Waals surface area contributed by atoms with Crippen molar-refractivity contribution in [2.75, 3.05) is 5.32 Å². The summed E-state index contributed by atoms with van der Waals surface area (Å²) in [5.74, 6) is -0.118. The summed E-state index contributed by atoms with van der Waals surface area (Å²) >= 11 is 1.78. The maximum Gasteiger partial charge on any atom is 0.245 e. The molecule has 1 aromatic carbocycles. The van der Waals surface area contributed by atoms with Crippen LogP contribution in [0, 0.1) is 0 Å². The molecule has 0 fully saturated rings. The van der Waals surface area contributed by atoms with E-state index in [-0.39, 0.29) is 10.7 Å². The average Bonchev–Trinajstić information content (AvgIpc) is 2.40. The molecule has 0 bridgehead atoms. The Kier molecular flexibility index (Phi) is 2.72. The zero-order valence-electron chi connectivity index (χ0n) is 9.70. The first-order chi connectivity index (χ1) is 7.37. The second-order valence-electron chi connectivity index (χ2n) is 4.93. The maximum absolute atomic E-state index is 11.4. The number of fused-ring (bicyclic) bond motifs is 1. The van der Waals surface area contributed by atoms with Gasteiger partial charge < -0.3 is 11.1 Å². The van der Waals surface area contributed by atoms with Crippen molar-refractivity contribution in [3.05, 3.63) is 23.8 Å². The molecule has 3 N–H and O–H groups in total. The van der Waals surface area contributed by atoms with Crippen molar-refractivity contribution in [2.45, 2.75) is 36.5 Å². The highest BCUT2D eigenvalue weighted by molar-refractivity contribution is 8.00. The molecular weight excluding hydrogens is 220 g/mol. The Morgan fingerprint density at radius 3 is 2.69 bits per heavy atom. The van der Waals surface area contributed by atoms with Gasteiger partial charge in [-0.1, -0.05) is 26.8 Å². The van der Waals surface area contributed by atoms with Crippen LogP contribution in [0.5, 0.6) is 0 Å². The third kappa shape index (κ3) is 2.23. The SMILES string of the molecule is CC(C)(C)Sc1ccc2c(c1)NC(=O)C2N. The van der Waals surface area contributed by atoms with E-state index < -0.39 is 6.04 Å². The number of nitrogens with one attached hydrogen (secondary N) is 1. The van der Waals surface area contributed by atoms with E-state index in [4.69, 9.17) is 5.73 Å². The largest absolute Gasteiger partial charge is 0.324 e. The van der Waals surface area contributed by atoms with Crippen LogP contribution in [-0.2, 0) is 4.79 Å². The highest BCUT2D eigenvalue weighted by atomic mass is 32.2. The first kappa shape index (κ1) is 11.5. The highest BCUT2D eigenvalue weighted by Crippen LogP contribution is 2.37. The standard InChI is InChI=1S/C12H16N2OS/c1-12(2,3)16-7-4-5-8-9(6-7)14-11(15)10(8)13/h4-6,10H,13H2,1-3H3,(H,14,15). The summed E-state index contributed by atoms with van der Waals surface area (Å²) in [6.07, 6.45) is 0. The zero-order chi connectivity index (χ0) is 11.9. The molecule has 16 heavy (non-hydrogen) atoms. The average molecular weight is 236 g/mol. The Labute approximate surface area is 99.8 Å². The van der Waals surface area contributed by atoms with Gasteiger partial charge in [-0.05, 0) is 12.1 Å². The molecule has 0 saturated heterocycles. The molecule has 0 aliphatic carbocycles. The minimum absolute atomic E-state index is 0.118. The number of nitrogens with two attached hydrogens (primary N) is 1.